The minimum atomic E-state index is -0.260. The first-order valence-corrected chi connectivity index (χ1v) is 9.95. The van der Waals surface area contributed by atoms with Gasteiger partial charge in [0.1, 0.15) is 12.3 Å². The molecule has 1 atom stereocenters. The summed E-state index contributed by atoms with van der Waals surface area (Å²) in [7, 11) is 0. The van der Waals surface area contributed by atoms with Gasteiger partial charge in [0.25, 0.3) is 5.56 Å². The van der Waals surface area contributed by atoms with Crippen molar-refractivity contribution in [3.63, 3.8) is 0 Å². The number of nitrogens with zero attached hydrogens (tertiary/aromatic N) is 2. The molecule has 0 radical (unpaired) electrons. The zero-order valence-electron chi connectivity index (χ0n) is 16.7. The van der Waals surface area contributed by atoms with Crippen LogP contribution in [0.2, 0.25) is 0 Å². The maximum absolute atomic E-state index is 12.6. The highest BCUT2D eigenvalue weighted by atomic mass is 16.3. The average molecular weight is 401 g/mol. The molecule has 1 amide bonds. The van der Waals surface area contributed by atoms with Crippen LogP contribution in [0.5, 0.6) is 0 Å². The highest BCUT2D eigenvalue weighted by molar-refractivity contribution is 5.83. The SMILES string of the molecule is Cc1nn(CC(=O)NCC[C@H](c2ccccc2)c2ccco2)c(=O)c2ccccc12. The minimum Gasteiger partial charge on any atom is -0.469 e. The Kier molecular flexibility index (Phi) is 5.75. The summed E-state index contributed by atoms with van der Waals surface area (Å²) in [6.45, 7) is 2.19. The van der Waals surface area contributed by atoms with Crippen LogP contribution >= 0.6 is 0 Å². The van der Waals surface area contributed by atoms with Crippen molar-refractivity contribution in [2.75, 3.05) is 6.54 Å². The molecule has 2 heterocycles. The van der Waals surface area contributed by atoms with Crippen molar-refractivity contribution in [2.45, 2.75) is 25.8 Å². The number of hydrogen-bond donors (Lipinski definition) is 1. The lowest BCUT2D eigenvalue weighted by Crippen LogP contribution is -2.35. The molecule has 4 aromatic rings. The molecule has 0 aliphatic carbocycles. The van der Waals surface area contributed by atoms with E-state index in [2.05, 4.69) is 22.5 Å². The molecular weight excluding hydrogens is 378 g/mol. The monoisotopic (exact) mass is 401 g/mol. The van der Waals surface area contributed by atoms with E-state index in [0.29, 0.717) is 18.4 Å². The first kappa shape index (κ1) is 19.6. The van der Waals surface area contributed by atoms with E-state index in [-0.39, 0.29) is 23.9 Å². The van der Waals surface area contributed by atoms with Crippen LogP contribution in [0.4, 0.5) is 0 Å². The lowest BCUT2D eigenvalue weighted by molar-refractivity contribution is -0.121. The molecule has 2 aromatic carbocycles. The molecule has 0 aliphatic heterocycles. The van der Waals surface area contributed by atoms with Gasteiger partial charge in [-0.25, -0.2) is 4.68 Å². The number of aryl methyl sites for hydroxylation is 1. The summed E-state index contributed by atoms with van der Waals surface area (Å²) >= 11 is 0. The van der Waals surface area contributed by atoms with E-state index in [0.717, 1.165) is 22.4 Å². The fourth-order valence-corrected chi connectivity index (χ4v) is 3.71. The third kappa shape index (κ3) is 4.17. The minimum absolute atomic E-state index is 0.0465. The van der Waals surface area contributed by atoms with Gasteiger partial charge in [0.15, 0.2) is 0 Å². The Balaban J connectivity index is 1.43. The van der Waals surface area contributed by atoms with Gasteiger partial charge in [-0.05, 0) is 37.1 Å². The Hall–Kier alpha value is -3.67. The Morgan fingerprint density at radius 1 is 1.03 bits per heavy atom. The Morgan fingerprint density at radius 3 is 2.50 bits per heavy atom. The van der Waals surface area contributed by atoms with E-state index >= 15 is 0 Å². The zero-order valence-corrected chi connectivity index (χ0v) is 16.7. The lowest BCUT2D eigenvalue weighted by Gasteiger charge is -2.16. The van der Waals surface area contributed by atoms with Crippen LogP contribution in [0, 0.1) is 6.92 Å². The summed E-state index contributed by atoms with van der Waals surface area (Å²) in [5.74, 6) is 0.661. The Labute approximate surface area is 174 Å². The van der Waals surface area contributed by atoms with Crippen LogP contribution in [0.15, 0.2) is 82.2 Å². The quantitative estimate of drug-likeness (QED) is 0.513. The molecule has 0 spiro atoms. The van der Waals surface area contributed by atoms with Gasteiger partial charge in [-0.2, -0.15) is 5.10 Å². The van der Waals surface area contributed by atoms with E-state index in [1.165, 1.54) is 4.68 Å². The molecule has 0 saturated carbocycles. The number of fused-ring (bicyclic) bond motifs is 1. The fourth-order valence-electron chi connectivity index (χ4n) is 3.71. The van der Waals surface area contributed by atoms with E-state index in [1.54, 1.807) is 12.3 Å². The van der Waals surface area contributed by atoms with Gasteiger partial charge in [-0.15, -0.1) is 0 Å². The normalized spacial score (nSPS) is 12.0. The molecule has 1 N–H and O–H groups in total. The maximum Gasteiger partial charge on any atom is 0.275 e. The summed E-state index contributed by atoms with van der Waals surface area (Å²) in [5.41, 5.74) is 1.59. The Bertz CT molecular complexity index is 1200. The first-order valence-electron chi connectivity index (χ1n) is 9.95. The van der Waals surface area contributed by atoms with Crippen molar-refractivity contribution in [3.8, 4) is 0 Å². The van der Waals surface area contributed by atoms with E-state index in [1.807, 2.05) is 55.5 Å². The van der Waals surface area contributed by atoms with Crippen LogP contribution in [0.1, 0.15) is 29.4 Å². The van der Waals surface area contributed by atoms with Crippen molar-refractivity contribution in [2.24, 2.45) is 0 Å². The van der Waals surface area contributed by atoms with Gasteiger partial charge < -0.3 is 9.73 Å². The standard InChI is InChI=1S/C24H23N3O3/c1-17-19-10-5-6-11-21(19)24(29)27(26-17)16-23(28)25-14-13-20(22-12-7-15-30-22)18-8-3-2-4-9-18/h2-12,15,20H,13-14,16H2,1H3,(H,25,28)/t20-/m1/s1. The average Bonchev–Trinajstić information content (AvgIpc) is 3.30. The van der Waals surface area contributed by atoms with Gasteiger partial charge in [0, 0.05) is 17.8 Å². The summed E-state index contributed by atoms with van der Waals surface area (Å²) in [6, 6.07) is 21.2. The Morgan fingerprint density at radius 2 is 1.77 bits per heavy atom. The number of carbonyl (C=O) groups excluding carboxylic acids is 1. The summed E-state index contributed by atoms with van der Waals surface area (Å²) in [6.07, 6.45) is 2.34. The molecule has 0 saturated heterocycles. The van der Waals surface area contributed by atoms with Gasteiger partial charge in [0.05, 0.1) is 17.3 Å². The molecule has 4 rings (SSSR count). The topological polar surface area (TPSA) is 77.1 Å². The number of carbonyl (C=O) groups is 1. The number of aromatic nitrogens is 2. The highest BCUT2D eigenvalue weighted by Gasteiger charge is 2.17. The molecule has 0 bridgehead atoms. The summed E-state index contributed by atoms with van der Waals surface area (Å²) in [5, 5.41) is 8.59. The van der Waals surface area contributed by atoms with E-state index in [9.17, 15) is 9.59 Å². The van der Waals surface area contributed by atoms with Crippen molar-refractivity contribution >= 4 is 16.7 Å². The predicted molar refractivity (Wildman–Crippen MR) is 115 cm³/mol. The maximum atomic E-state index is 12.6. The molecule has 152 valence electrons. The number of hydrogen-bond acceptors (Lipinski definition) is 4. The second-order valence-corrected chi connectivity index (χ2v) is 7.21. The van der Waals surface area contributed by atoms with Gasteiger partial charge >= 0.3 is 0 Å². The zero-order chi connectivity index (χ0) is 20.9. The van der Waals surface area contributed by atoms with Crippen LogP contribution in [-0.2, 0) is 11.3 Å². The lowest BCUT2D eigenvalue weighted by atomic mass is 9.93. The molecule has 2 aromatic heterocycles. The number of furan rings is 1. The van der Waals surface area contributed by atoms with E-state index < -0.39 is 0 Å². The van der Waals surface area contributed by atoms with Gasteiger partial charge in [-0.1, -0.05) is 48.5 Å². The second kappa shape index (κ2) is 8.78. The van der Waals surface area contributed by atoms with Crippen LogP contribution in [0.25, 0.3) is 10.8 Å². The van der Waals surface area contributed by atoms with Gasteiger partial charge in [-0.3, -0.25) is 9.59 Å². The first-order chi connectivity index (χ1) is 14.6. The van der Waals surface area contributed by atoms with Crippen molar-refractivity contribution in [3.05, 3.63) is 100 Å². The third-order valence-electron chi connectivity index (χ3n) is 5.19. The van der Waals surface area contributed by atoms with Crippen LogP contribution in [0.3, 0.4) is 0 Å². The van der Waals surface area contributed by atoms with Crippen LogP contribution < -0.4 is 10.9 Å². The molecular formula is C24H23N3O3. The fraction of sp³-hybridized carbons (Fsp3) is 0.208. The van der Waals surface area contributed by atoms with Gasteiger partial charge in [0.2, 0.25) is 5.91 Å². The van der Waals surface area contributed by atoms with Crippen LogP contribution in [-0.4, -0.2) is 22.2 Å². The predicted octanol–water partition coefficient (Wildman–Crippen LogP) is 3.64. The summed E-state index contributed by atoms with van der Waals surface area (Å²) < 4.78 is 6.84. The number of amides is 1. The molecule has 6 heteroatoms. The van der Waals surface area contributed by atoms with Crippen molar-refractivity contribution < 1.29 is 9.21 Å². The molecule has 6 nitrogen and oxygen atoms in total. The third-order valence-corrected chi connectivity index (χ3v) is 5.19. The number of rotatable bonds is 7. The number of nitrogens with one attached hydrogen (secondary N) is 1. The molecule has 0 aliphatic rings. The number of benzene rings is 2. The molecule has 0 fully saturated rings. The van der Waals surface area contributed by atoms with Crippen molar-refractivity contribution in [1.82, 2.24) is 15.1 Å². The smallest absolute Gasteiger partial charge is 0.275 e. The van der Waals surface area contributed by atoms with Crippen molar-refractivity contribution in [1.29, 1.82) is 0 Å². The summed E-state index contributed by atoms with van der Waals surface area (Å²) in [4.78, 5) is 25.1. The highest BCUT2D eigenvalue weighted by Crippen LogP contribution is 2.27. The van der Waals surface area contributed by atoms with E-state index in [4.69, 9.17) is 4.42 Å². The molecule has 0 unspecified atom stereocenters. The largest absolute Gasteiger partial charge is 0.469 e. The second-order valence-electron chi connectivity index (χ2n) is 7.21. The molecule has 30 heavy (non-hydrogen) atoms.